The Balaban J connectivity index is 1.53. The zero-order chi connectivity index (χ0) is 16.5. The first-order valence-electron chi connectivity index (χ1n) is 8.36. The Hall–Kier alpha value is -1.43. The molecule has 2 rings (SSSR count). The maximum absolute atomic E-state index is 11.5. The summed E-state index contributed by atoms with van der Waals surface area (Å²) in [7, 11) is 0. The van der Waals surface area contributed by atoms with Gasteiger partial charge in [-0.05, 0) is 6.42 Å². The Morgan fingerprint density at radius 3 is 2.70 bits per heavy atom. The molecule has 2 unspecified atom stereocenters. The molecule has 0 spiro atoms. The highest BCUT2D eigenvalue weighted by molar-refractivity contribution is 5.70. The van der Waals surface area contributed by atoms with E-state index in [0.29, 0.717) is 12.2 Å². The van der Waals surface area contributed by atoms with Crippen molar-refractivity contribution in [1.29, 1.82) is 0 Å². The molecular formula is C18H26O5. The molecule has 5 heteroatoms. The number of carbonyl (C=O) groups excluding carboxylic acids is 1. The van der Waals surface area contributed by atoms with Gasteiger partial charge in [-0.15, -0.1) is 0 Å². The van der Waals surface area contributed by atoms with E-state index in [1.807, 2.05) is 18.2 Å². The highest BCUT2D eigenvalue weighted by Crippen LogP contribution is 2.43. The van der Waals surface area contributed by atoms with Gasteiger partial charge in [0.15, 0.2) is 0 Å². The minimum Gasteiger partial charge on any atom is -0.464 e. The number of epoxide rings is 1. The van der Waals surface area contributed by atoms with Crippen LogP contribution in [0.4, 0.5) is 0 Å². The number of hydrogen-bond acceptors (Lipinski definition) is 5. The van der Waals surface area contributed by atoms with E-state index in [4.69, 9.17) is 14.2 Å². The summed E-state index contributed by atoms with van der Waals surface area (Å²) in [6.07, 6.45) is 5.15. The van der Waals surface area contributed by atoms with E-state index in [1.54, 1.807) is 12.1 Å². The second kappa shape index (κ2) is 9.01. The van der Waals surface area contributed by atoms with Crippen molar-refractivity contribution < 1.29 is 24.1 Å². The van der Waals surface area contributed by atoms with Crippen molar-refractivity contribution in [2.75, 3.05) is 19.8 Å². The van der Waals surface area contributed by atoms with E-state index in [0.717, 1.165) is 12.8 Å². The van der Waals surface area contributed by atoms with Gasteiger partial charge in [0, 0.05) is 5.56 Å². The van der Waals surface area contributed by atoms with Crippen molar-refractivity contribution in [2.45, 2.75) is 50.9 Å². The van der Waals surface area contributed by atoms with Gasteiger partial charge in [-0.25, -0.2) is 4.79 Å². The second-order valence-electron chi connectivity index (χ2n) is 5.82. The molecule has 0 radical (unpaired) electrons. The van der Waals surface area contributed by atoms with Gasteiger partial charge in [0.1, 0.15) is 12.7 Å². The molecule has 1 saturated heterocycles. The molecular weight excluding hydrogens is 296 g/mol. The molecule has 0 bridgehead atoms. The number of hydrogen-bond donors (Lipinski definition) is 1. The van der Waals surface area contributed by atoms with Gasteiger partial charge < -0.3 is 19.3 Å². The smallest absolute Gasteiger partial charge is 0.332 e. The third kappa shape index (κ3) is 5.61. The van der Waals surface area contributed by atoms with E-state index >= 15 is 0 Å². The van der Waals surface area contributed by atoms with Crippen molar-refractivity contribution in [3.05, 3.63) is 35.9 Å². The Kier molecular flexibility index (Phi) is 7.02. The number of rotatable bonds is 11. The fourth-order valence-electron chi connectivity index (χ4n) is 2.44. The number of esters is 1. The molecule has 0 aromatic heterocycles. The summed E-state index contributed by atoms with van der Waals surface area (Å²) in [5.41, 5.74) is 0.697. The number of aliphatic hydroxyl groups is 1. The van der Waals surface area contributed by atoms with Crippen LogP contribution in [0.2, 0.25) is 0 Å². The first-order chi connectivity index (χ1) is 11.2. The third-order valence-electron chi connectivity index (χ3n) is 3.89. The van der Waals surface area contributed by atoms with Crippen molar-refractivity contribution in [3.8, 4) is 0 Å². The topological polar surface area (TPSA) is 68.3 Å². The molecule has 0 amide bonds. The zero-order valence-corrected chi connectivity index (χ0v) is 13.7. The lowest BCUT2D eigenvalue weighted by atomic mass is 10.1. The molecule has 0 saturated carbocycles. The molecule has 1 aliphatic rings. The average Bonchev–Trinajstić information content (AvgIpc) is 3.23. The lowest BCUT2D eigenvalue weighted by Gasteiger charge is -2.07. The average molecular weight is 322 g/mol. The van der Waals surface area contributed by atoms with Crippen LogP contribution in [0.15, 0.2) is 30.3 Å². The van der Waals surface area contributed by atoms with E-state index in [1.165, 1.54) is 19.3 Å². The van der Waals surface area contributed by atoms with Crippen molar-refractivity contribution in [1.82, 2.24) is 0 Å². The van der Waals surface area contributed by atoms with Gasteiger partial charge in [-0.3, -0.25) is 0 Å². The fraction of sp³-hybridized carbons (Fsp3) is 0.611. The summed E-state index contributed by atoms with van der Waals surface area (Å²) in [5, 5.41) is 10.3. The van der Waals surface area contributed by atoms with Crippen LogP contribution in [0, 0.1) is 0 Å². The SMILES string of the molecule is CCCCCCCOC(=O)COCC1OC1(O)c1ccccc1. The minimum atomic E-state index is -1.29. The molecule has 0 aliphatic carbocycles. The maximum Gasteiger partial charge on any atom is 0.332 e. The molecule has 1 aliphatic heterocycles. The first-order valence-corrected chi connectivity index (χ1v) is 8.36. The van der Waals surface area contributed by atoms with Crippen LogP contribution >= 0.6 is 0 Å². The lowest BCUT2D eigenvalue weighted by molar-refractivity contribution is -0.149. The molecule has 2 atom stereocenters. The van der Waals surface area contributed by atoms with Crippen LogP contribution in [0.3, 0.4) is 0 Å². The standard InChI is InChI=1S/C18H26O5/c1-2-3-4-5-9-12-22-17(19)14-21-13-16-18(20,23-16)15-10-7-6-8-11-15/h6-8,10-11,16,20H,2-5,9,12-14H2,1H3. The van der Waals surface area contributed by atoms with E-state index in [9.17, 15) is 9.90 Å². The fourth-order valence-corrected chi connectivity index (χ4v) is 2.44. The van der Waals surface area contributed by atoms with Crippen LogP contribution in [0.5, 0.6) is 0 Å². The molecule has 1 fully saturated rings. The van der Waals surface area contributed by atoms with Crippen molar-refractivity contribution in [3.63, 3.8) is 0 Å². The minimum absolute atomic E-state index is 0.111. The summed E-state index contributed by atoms with van der Waals surface area (Å²) in [6, 6.07) is 9.15. The van der Waals surface area contributed by atoms with Crippen molar-refractivity contribution in [2.24, 2.45) is 0 Å². The van der Waals surface area contributed by atoms with E-state index in [-0.39, 0.29) is 19.2 Å². The first kappa shape index (κ1) is 17.9. The second-order valence-corrected chi connectivity index (χ2v) is 5.82. The van der Waals surface area contributed by atoms with Crippen LogP contribution in [0.1, 0.15) is 44.6 Å². The van der Waals surface area contributed by atoms with Gasteiger partial charge >= 0.3 is 5.97 Å². The largest absolute Gasteiger partial charge is 0.464 e. The van der Waals surface area contributed by atoms with Crippen LogP contribution < -0.4 is 0 Å². The Bertz CT molecular complexity index is 476. The number of carbonyl (C=O) groups is 1. The normalized spacial score (nSPS) is 22.8. The quantitative estimate of drug-likeness (QED) is 0.385. The van der Waals surface area contributed by atoms with Crippen LogP contribution in [0.25, 0.3) is 0 Å². The molecule has 1 N–H and O–H groups in total. The summed E-state index contributed by atoms with van der Waals surface area (Å²) >= 11 is 0. The van der Waals surface area contributed by atoms with Crippen LogP contribution in [-0.4, -0.2) is 37.0 Å². The lowest BCUT2D eigenvalue weighted by Crippen LogP contribution is -2.19. The molecule has 1 aromatic carbocycles. The van der Waals surface area contributed by atoms with Gasteiger partial charge in [0.05, 0.1) is 13.2 Å². The number of unbranched alkanes of at least 4 members (excludes halogenated alkanes) is 4. The summed E-state index contributed by atoms with van der Waals surface area (Å²) in [6.45, 7) is 2.66. The highest BCUT2D eigenvalue weighted by atomic mass is 16.7. The van der Waals surface area contributed by atoms with Crippen molar-refractivity contribution >= 4 is 5.97 Å². The van der Waals surface area contributed by atoms with Gasteiger partial charge in [0.25, 0.3) is 0 Å². The summed E-state index contributed by atoms with van der Waals surface area (Å²) < 4.78 is 15.7. The monoisotopic (exact) mass is 322 g/mol. The summed E-state index contributed by atoms with van der Waals surface area (Å²) in [5.74, 6) is -1.66. The third-order valence-corrected chi connectivity index (χ3v) is 3.89. The van der Waals surface area contributed by atoms with Gasteiger partial charge in [-0.1, -0.05) is 62.9 Å². The molecule has 23 heavy (non-hydrogen) atoms. The van der Waals surface area contributed by atoms with E-state index in [2.05, 4.69) is 6.92 Å². The molecule has 1 heterocycles. The zero-order valence-electron chi connectivity index (χ0n) is 13.7. The highest BCUT2D eigenvalue weighted by Gasteiger charge is 2.56. The molecule has 1 aromatic rings. The Morgan fingerprint density at radius 1 is 1.22 bits per heavy atom. The Morgan fingerprint density at radius 2 is 1.96 bits per heavy atom. The molecule has 128 valence electrons. The van der Waals surface area contributed by atoms with Crippen LogP contribution in [-0.2, 0) is 24.8 Å². The Labute approximate surface area is 137 Å². The van der Waals surface area contributed by atoms with E-state index < -0.39 is 11.9 Å². The van der Waals surface area contributed by atoms with Gasteiger partial charge in [0.2, 0.25) is 5.79 Å². The number of ether oxygens (including phenoxy) is 3. The summed E-state index contributed by atoms with van der Waals surface area (Å²) in [4.78, 5) is 11.5. The maximum atomic E-state index is 11.5. The number of benzene rings is 1. The predicted octanol–water partition coefficient (Wildman–Crippen LogP) is 2.76. The van der Waals surface area contributed by atoms with Gasteiger partial charge in [-0.2, -0.15) is 0 Å². The molecule has 5 nitrogen and oxygen atoms in total. The predicted molar refractivity (Wildman–Crippen MR) is 85.7 cm³/mol.